The molecule has 0 saturated heterocycles. The van der Waals surface area contributed by atoms with Crippen molar-refractivity contribution in [3.05, 3.63) is 286 Å². The van der Waals surface area contributed by atoms with E-state index in [2.05, 4.69) is 289 Å². The highest BCUT2D eigenvalue weighted by Crippen LogP contribution is 2.45. The van der Waals surface area contributed by atoms with Gasteiger partial charge in [0.25, 0.3) is 0 Å². The molecule has 8 aromatic carbocycles. The van der Waals surface area contributed by atoms with Crippen LogP contribution >= 0.6 is 0 Å². The highest BCUT2D eigenvalue weighted by Gasteiger charge is 2.32. The van der Waals surface area contributed by atoms with Gasteiger partial charge in [-0.15, -0.1) is 0 Å². The molecule has 0 N–H and O–H groups in total. The number of hydrogen-bond donors (Lipinski definition) is 0. The van der Waals surface area contributed by atoms with Crippen molar-refractivity contribution in [2.75, 3.05) is 0 Å². The fraction of sp³-hybridized carbons (Fsp3) is 0.252. The van der Waals surface area contributed by atoms with Gasteiger partial charge in [0, 0.05) is 102 Å². The highest BCUT2D eigenvalue weighted by molar-refractivity contribution is 6.14. The van der Waals surface area contributed by atoms with Crippen molar-refractivity contribution in [1.82, 2.24) is 19.9 Å². The first-order valence-electron chi connectivity index (χ1n) is 42.5. The van der Waals surface area contributed by atoms with Crippen molar-refractivity contribution in [3.63, 3.8) is 0 Å². The zero-order valence-corrected chi connectivity index (χ0v) is 72.9. The molecule has 0 aliphatic heterocycles. The Morgan fingerprint density at radius 2 is 0.675 bits per heavy atom. The molecule has 21 rings (SSSR count). The van der Waals surface area contributed by atoms with Crippen molar-refractivity contribution in [2.24, 2.45) is 44.9 Å². The molecule has 616 valence electrons. The van der Waals surface area contributed by atoms with Crippen LogP contribution in [0.3, 0.4) is 0 Å². The predicted molar refractivity (Wildman–Crippen MR) is 488 cm³/mol. The number of nitrogens with zero attached hydrogens (tertiary/aromatic N) is 8. The van der Waals surface area contributed by atoms with Gasteiger partial charge in [-0.3, -0.25) is 0 Å². The molecule has 0 atom stereocenters. The number of fused-ring (bicyclic) bond motifs is 16. The Labute approximate surface area is 711 Å². The van der Waals surface area contributed by atoms with Crippen LogP contribution in [0.4, 0.5) is 17.6 Å². The number of aromatic nitrogens is 8. The molecule has 0 unspecified atom stereocenters. The summed E-state index contributed by atoms with van der Waals surface area (Å²) in [5.41, 5.74) is 29.0. The second-order valence-electron chi connectivity index (χ2n) is 36.3. The highest BCUT2D eigenvalue weighted by atomic mass is 19.1. The average molecular weight is 1640 g/mol. The lowest BCUT2D eigenvalue weighted by Crippen LogP contribution is -2.32. The lowest BCUT2D eigenvalue weighted by atomic mass is 9.86. The Morgan fingerprint density at radius 1 is 0.333 bits per heavy atom. The molecule has 12 nitrogen and oxygen atoms in total. The van der Waals surface area contributed by atoms with E-state index in [0.717, 1.165) is 163 Å². The normalized spacial score (nSPS) is 12.9. The minimum absolute atomic E-state index is 0.210. The van der Waals surface area contributed by atoms with E-state index in [1.54, 1.807) is 24.3 Å². The molecule has 1 fully saturated rings. The monoisotopic (exact) mass is 1640 g/mol. The summed E-state index contributed by atoms with van der Waals surface area (Å²) in [4.78, 5) is 15.9. The SMILES string of the molecule is Cc1cc2c(oc3nc(F)ccc32)c(-c2ccc3c(CC(C)(C)C)cccc3[n+]2C)c1C.Cc1cc2c(oc3nc(F)ccc32)c(-c2ccc3c(CC(C)(C)C)cccc3[n+]2C)c1C.Cc1cc2c(oc3nc(F)ccc32)c(-c2ccc3c(CC4CCCC4)cccc3[n+]2C)c1C.Cc1ccc2c(oc3nc(F)ccc32)c1-c1c2ccccc2cc[n+]1C. The fourth-order valence-electron chi connectivity index (χ4n) is 19.0. The van der Waals surface area contributed by atoms with Gasteiger partial charge in [0.2, 0.25) is 86.0 Å². The van der Waals surface area contributed by atoms with Gasteiger partial charge in [-0.2, -0.15) is 51.2 Å². The molecule has 12 aromatic heterocycles. The van der Waals surface area contributed by atoms with Crippen LogP contribution in [0.2, 0.25) is 0 Å². The third-order valence-electron chi connectivity index (χ3n) is 25.4. The first-order chi connectivity index (χ1) is 58.9. The molecule has 0 amide bonds. The minimum Gasteiger partial charge on any atom is -0.437 e. The van der Waals surface area contributed by atoms with Crippen LogP contribution in [0.15, 0.2) is 224 Å². The summed E-state index contributed by atoms with van der Waals surface area (Å²) in [5.74, 6) is -1.32. The Hall–Kier alpha value is -13.1. The van der Waals surface area contributed by atoms with Gasteiger partial charge in [0.05, 0.1) is 27.6 Å². The summed E-state index contributed by atoms with van der Waals surface area (Å²) >= 11 is 0. The Balaban J connectivity index is 0.000000112. The molecule has 0 radical (unpaired) electrons. The lowest BCUT2D eigenvalue weighted by molar-refractivity contribution is -0.659. The van der Waals surface area contributed by atoms with Crippen molar-refractivity contribution in [3.8, 4) is 45.0 Å². The summed E-state index contributed by atoms with van der Waals surface area (Å²) in [6.45, 7) is 28.4. The minimum atomic E-state index is -0.537. The summed E-state index contributed by atoms with van der Waals surface area (Å²) in [6, 6.07) is 66.4. The van der Waals surface area contributed by atoms with Crippen molar-refractivity contribution < 1.29 is 53.5 Å². The number of pyridine rings is 8. The van der Waals surface area contributed by atoms with Gasteiger partial charge in [-0.1, -0.05) is 134 Å². The van der Waals surface area contributed by atoms with E-state index < -0.39 is 23.8 Å². The van der Waals surface area contributed by atoms with Crippen LogP contribution < -0.4 is 18.3 Å². The van der Waals surface area contributed by atoms with E-state index in [0.29, 0.717) is 22.9 Å². The Morgan fingerprint density at radius 3 is 1.07 bits per heavy atom. The third kappa shape index (κ3) is 14.8. The standard InChI is InChI=1S/C29H28FN2O.2C28H28FN2O.C22H16FN2O/c1-17-15-23-22-12-14-26(30)31-29(22)33-28(23)27(18(17)2)25-13-11-21-20(16-19-7-4-5-8-19)9-6-10-24(21)32(25)3;2*1-16-14-21-20-11-13-24(29)30-27(20)32-26(21)25(17(16)2)23-12-10-19-18(15-28(3,4)5)8-7-9-22(19)31(23)6;1-13-7-8-16-17-9-10-18(23)24-22(17)26-21(16)19(13)20-15-6-4-3-5-14(15)11-12-25(20)2/h6,9-15,19H,4-5,7-8,16H2,1-3H3;2*7-14H,15H2,1-6H3;3-12H,1-2H3/q4*+1. The summed E-state index contributed by atoms with van der Waals surface area (Å²) in [7, 11) is 8.37. The maximum Gasteiger partial charge on any atom is 0.229 e. The topological polar surface area (TPSA) is 120 Å². The molecule has 123 heavy (non-hydrogen) atoms. The molecule has 1 saturated carbocycles. The van der Waals surface area contributed by atoms with Crippen molar-refractivity contribution >= 4 is 132 Å². The van der Waals surface area contributed by atoms with Gasteiger partial charge >= 0.3 is 0 Å². The van der Waals surface area contributed by atoms with E-state index in [1.807, 2.05) is 25.2 Å². The summed E-state index contributed by atoms with van der Waals surface area (Å²) in [5, 5.41) is 13.4. The summed E-state index contributed by atoms with van der Waals surface area (Å²) < 4.78 is 88.2. The first-order valence-corrected chi connectivity index (χ1v) is 42.5. The number of benzene rings is 8. The predicted octanol–water partition coefficient (Wildman–Crippen LogP) is 26.1. The maximum absolute atomic E-state index is 13.8. The number of aryl methyl sites for hydroxylation is 8. The van der Waals surface area contributed by atoms with Crippen LogP contribution in [0, 0.1) is 89.0 Å². The Kier molecular flexibility index (Phi) is 20.7. The molecule has 12 heterocycles. The maximum atomic E-state index is 13.8. The van der Waals surface area contributed by atoms with Crippen molar-refractivity contribution in [2.45, 2.75) is 135 Å². The van der Waals surface area contributed by atoms with Crippen LogP contribution in [0.5, 0.6) is 0 Å². The second-order valence-corrected chi connectivity index (χ2v) is 36.3. The third-order valence-corrected chi connectivity index (χ3v) is 25.4. The molecule has 1 aliphatic rings. The smallest absolute Gasteiger partial charge is 0.229 e. The zero-order valence-electron chi connectivity index (χ0n) is 72.9. The number of furan rings is 4. The molecule has 1 aliphatic carbocycles. The second kappa shape index (κ2) is 31.4. The van der Waals surface area contributed by atoms with Crippen LogP contribution in [0.1, 0.15) is 123 Å². The molecule has 20 aromatic rings. The van der Waals surface area contributed by atoms with Gasteiger partial charge in [-0.05, 0) is 236 Å². The van der Waals surface area contributed by atoms with E-state index in [9.17, 15) is 17.6 Å². The van der Waals surface area contributed by atoms with E-state index in [4.69, 9.17) is 17.7 Å². The van der Waals surface area contributed by atoms with Crippen LogP contribution in [-0.2, 0) is 47.5 Å². The molecule has 0 spiro atoms. The van der Waals surface area contributed by atoms with Gasteiger partial charge in [0.1, 0.15) is 28.2 Å². The van der Waals surface area contributed by atoms with Crippen molar-refractivity contribution in [1.29, 1.82) is 0 Å². The number of halogens is 4. The molecule has 0 bridgehead atoms. The fourth-order valence-corrected chi connectivity index (χ4v) is 19.0. The number of hydrogen-bond acceptors (Lipinski definition) is 8. The average Bonchev–Trinajstić information content (AvgIpc) is 1.63. The van der Waals surface area contributed by atoms with E-state index in [-0.39, 0.29) is 10.8 Å². The molecular formula is C107H100F4N8O4+4. The van der Waals surface area contributed by atoms with Crippen LogP contribution in [-0.4, -0.2) is 19.9 Å². The zero-order chi connectivity index (χ0) is 86.1. The lowest BCUT2D eigenvalue weighted by Gasteiger charge is -2.19. The van der Waals surface area contributed by atoms with E-state index >= 15 is 0 Å². The van der Waals surface area contributed by atoms with Crippen LogP contribution in [0.25, 0.3) is 177 Å². The van der Waals surface area contributed by atoms with Gasteiger partial charge in [-0.25, -0.2) is 4.57 Å². The Bertz CT molecular complexity index is 7490. The largest absolute Gasteiger partial charge is 0.437 e. The van der Waals surface area contributed by atoms with Gasteiger partial charge in [0.15, 0.2) is 28.5 Å². The van der Waals surface area contributed by atoms with E-state index in [1.165, 1.54) is 122 Å². The summed E-state index contributed by atoms with van der Waals surface area (Å²) in [6.07, 6.45) is 10.7. The molecular weight excluding hydrogens is 1540 g/mol. The first kappa shape index (κ1) is 81.0. The quantitative estimate of drug-likeness (QED) is 0.0838. The van der Waals surface area contributed by atoms with Gasteiger partial charge < -0.3 is 17.7 Å². The number of rotatable bonds is 8. The molecule has 16 heteroatoms.